The Balaban J connectivity index is 0.00000128. The summed E-state index contributed by atoms with van der Waals surface area (Å²) in [5, 5.41) is 3.05. The zero-order chi connectivity index (χ0) is 10.8. The summed E-state index contributed by atoms with van der Waals surface area (Å²) in [7, 11) is 1.84. The molecule has 1 aliphatic rings. The first-order valence-corrected chi connectivity index (χ1v) is 5.29. The number of para-hydroxylation sites is 1. The molecule has 1 aliphatic heterocycles. The first kappa shape index (κ1) is 13.0. The molecule has 0 aliphatic carbocycles. The summed E-state index contributed by atoms with van der Waals surface area (Å²) in [6.45, 7) is 2.09. The van der Waals surface area contributed by atoms with Crippen molar-refractivity contribution in [3.05, 3.63) is 30.3 Å². The number of carbonyl (C=O) groups is 1. The molecule has 3 nitrogen and oxygen atoms in total. The van der Waals surface area contributed by atoms with E-state index in [4.69, 9.17) is 0 Å². The average Bonchev–Trinajstić information content (AvgIpc) is 2.55. The normalized spacial score (nSPS) is 24.4. The molecule has 0 spiro atoms. The van der Waals surface area contributed by atoms with Crippen LogP contribution in [-0.4, -0.2) is 25.0 Å². The summed E-state index contributed by atoms with van der Waals surface area (Å²) in [5.74, 6) is 0.177. The van der Waals surface area contributed by atoms with Crippen LogP contribution in [0.15, 0.2) is 30.3 Å². The maximum absolute atomic E-state index is 12.0. The summed E-state index contributed by atoms with van der Waals surface area (Å²) in [6, 6.07) is 10.1. The maximum atomic E-state index is 12.0. The van der Waals surface area contributed by atoms with E-state index < -0.39 is 0 Å². The van der Waals surface area contributed by atoms with Gasteiger partial charge in [0.1, 0.15) is 0 Å². The molecule has 1 N–H and O–H groups in total. The van der Waals surface area contributed by atoms with Crippen LogP contribution in [0.2, 0.25) is 0 Å². The van der Waals surface area contributed by atoms with Crippen LogP contribution in [0.5, 0.6) is 0 Å². The Kier molecular flexibility index (Phi) is 4.33. The van der Waals surface area contributed by atoms with Crippen LogP contribution in [0.3, 0.4) is 0 Å². The molecule has 4 heteroatoms. The highest BCUT2D eigenvalue weighted by atomic mass is 35.5. The standard InChI is InChI=1S/C12H16N2O.ClH/c1-9-8-11(13-2)12(15)14(9)10-6-4-3-5-7-10;/h3-7,9,11,13H,8H2,1-2H3;1H/t9-,11-;/m0./s1. The van der Waals surface area contributed by atoms with Gasteiger partial charge in [-0.3, -0.25) is 4.79 Å². The van der Waals surface area contributed by atoms with Gasteiger partial charge in [0.05, 0.1) is 6.04 Å². The molecule has 1 aromatic rings. The van der Waals surface area contributed by atoms with Crippen molar-refractivity contribution in [3.63, 3.8) is 0 Å². The predicted octanol–water partition coefficient (Wildman–Crippen LogP) is 1.82. The average molecular weight is 241 g/mol. The highest BCUT2D eigenvalue weighted by Crippen LogP contribution is 2.25. The molecular weight excluding hydrogens is 224 g/mol. The summed E-state index contributed by atoms with van der Waals surface area (Å²) in [6.07, 6.45) is 0.879. The molecule has 1 amide bonds. The zero-order valence-electron chi connectivity index (χ0n) is 9.51. The van der Waals surface area contributed by atoms with Crippen molar-refractivity contribution in [3.8, 4) is 0 Å². The number of carbonyl (C=O) groups excluding carboxylic acids is 1. The Morgan fingerprint density at radius 3 is 2.44 bits per heavy atom. The van der Waals surface area contributed by atoms with Crippen molar-refractivity contribution in [2.24, 2.45) is 0 Å². The Morgan fingerprint density at radius 2 is 1.94 bits per heavy atom. The smallest absolute Gasteiger partial charge is 0.244 e. The zero-order valence-corrected chi connectivity index (χ0v) is 10.3. The molecule has 88 valence electrons. The van der Waals surface area contributed by atoms with Crippen LogP contribution in [0.25, 0.3) is 0 Å². The van der Waals surface area contributed by atoms with E-state index in [0.717, 1.165) is 12.1 Å². The van der Waals surface area contributed by atoms with E-state index >= 15 is 0 Å². The first-order chi connectivity index (χ1) is 7.24. The van der Waals surface area contributed by atoms with E-state index in [1.807, 2.05) is 42.3 Å². The van der Waals surface area contributed by atoms with E-state index in [1.165, 1.54) is 0 Å². The lowest BCUT2D eigenvalue weighted by atomic mass is 10.2. The van der Waals surface area contributed by atoms with Gasteiger partial charge in [-0.05, 0) is 32.5 Å². The van der Waals surface area contributed by atoms with Gasteiger partial charge in [0.25, 0.3) is 0 Å². The van der Waals surface area contributed by atoms with Crippen LogP contribution < -0.4 is 10.2 Å². The highest BCUT2D eigenvalue weighted by molar-refractivity contribution is 6.00. The van der Waals surface area contributed by atoms with Crippen LogP contribution >= 0.6 is 12.4 Å². The fourth-order valence-corrected chi connectivity index (χ4v) is 2.14. The summed E-state index contributed by atoms with van der Waals surface area (Å²) < 4.78 is 0. The quantitative estimate of drug-likeness (QED) is 0.856. The molecule has 0 unspecified atom stereocenters. The van der Waals surface area contributed by atoms with Gasteiger partial charge >= 0.3 is 0 Å². The van der Waals surface area contributed by atoms with Crippen LogP contribution in [0.4, 0.5) is 5.69 Å². The number of amides is 1. The van der Waals surface area contributed by atoms with Gasteiger partial charge < -0.3 is 10.2 Å². The summed E-state index contributed by atoms with van der Waals surface area (Å²) in [5.41, 5.74) is 0.993. The Morgan fingerprint density at radius 1 is 1.31 bits per heavy atom. The number of rotatable bonds is 2. The van der Waals surface area contributed by atoms with E-state index in [2.05, 4.69) is 12.2 Å². The lowest BCUT2D eigenvalue weighted by molar-refractivity contribution is -0.118. The maximum Gasteiger partial charge on any atom is 0.244 e. The van der Waals surface area contributed by atoms with Gasteiger partial charge in [-0.2, -0.15) is 0 Å². The van der Waals surface area contributed by atoms with Gasteiger partial charge in [-0.15, -0.1) is 12.4 Å². The highest BCUT2D eigenvalue weighted by Gasteiger charge is 2.36. The van der Waals surface area contributed by atoms with Crippen molar-refractivity contribution in [1.29, 1.82) is 0 Å². The van der Waals surface area contributed by atoms with Crippen molar-refractivity contribution < 1.29 is 4.79 Å². The molecule has 0 radical (unpaired) electrons. The molecule has 16 heavy (non-hydrogen) atoms. The third-order valence-corrected chi connectivity index (χ3v) is 2.94. The summed E-state index contributed by atoms with van der Waals surface area (Å²) >= 11 is 0. The number of anilines is 1. The van der Waals surface area contributed by atoms with E-state index in [9.17, 15) is 4.79 Å². The molecule has 1 heterocycles. The van der Waals surface area contributed by atoms with Crippen molar-refractivity contribution in [1.82, 2.24) is 5.32 Å². The molecule has 0 bridgehead atoms. The van der Waals surface area contributed by atoms with Crippen molar-refractivity contribution in [2.45, 2.75) is 25.4 Å². The second-order valence-electron chi connectivity index (χ2n) is 3.97. The third kappa shape index (κ3) is 2.20. The van der Waals surface area contributed by atoms with Gasteiger partial charge in [-0.25, -0.2) is 0 Å². The number of nitrogens with one attached hydrogen (secondary N) is 1. The lowest BCUT2D eigenvalue weighted by Crippen LogP contribution is -2.37. The van der Waals surface area contributed by atoms with E-state index in [-0.39, 0.29) is 30.4 Å². The SMILES string of the molecule is CN[C@H]1C[C@H](C)N(c2ccccc2)C1=O.Cl. The Labute approximate surface area is 102 Å². The molecular formula is C12H17ClN2O. The van der Waals surface area contributed by atoms with E-state index in [0.29, 0.717) is 0 Å². The predicted molar refractivity (Wildman–Crippen MR) is 68.1 cm³/mol. The molecule has 1 saturated heterocycles. The van der Waals surface area contributed by atoms with E-state index in [1.54, 1.807) is 0 Å². The largest absolute Gasteiger partial charge is 0.309 e. The van der Waals surface area contributed by atoms with Gasteiger partial charge in [0.2, 0.25) is 5.91 Å². The number of benzene rings is 1. The fraction of sp³-hybridized carbons (Fsp3) is 0.417. The fourth-order valence-electron chi connectivity index (χ4n) is 2.14. The van der Waals surface area contributed by atoms with Crippen molar-refractivity contribution in [2.75, 3.05) is 11.9 Å². The van der Waals surface area contributed by atoms with Gasteiger partial charge in [0, 0.05) is 11.7 Å². The topological polar surface area (TPSA) is 32.3 Å². The second-order valence-corrected chi connectivity index (χ2v) is 3.97. The third-order valence-electron chi connectivity index (χ3n) is 2.94. The number of hydrogen-bond donors (Lipinski definition) is 1. The second kappa shape index (κ2) is 5.32. The minimum absolute atomic E-state index is 0. The number of nitrogens with zero attached hydrogens (tertiary/aromatic N) is 1. The number of likely N-dealkylation sites (N-methyl/N-ethyl adjacent to an activating group) is 1. The summed E-state index contributed by atoms with van der Waals surface area (Å²) in [4.78, 5) is 13.9. The number of hydrogen-bond acceptors (Lipinski definition) is 2. The van der Waals surface area contributed by atoms with Crippen LogP contribution in [0, 0.1) is 0 Å². The molecule has 2 atom stereocenters. The molecule has 1 aromatic carbocycles. The molecule has 2 rings (SSSR count). The molecule has 1 fully saturated rings. The van der Waals surface area contributed by atoms with Crippen LogP contribution in [-0.2, 0) is 4.79 Å². The van der Waals surface area contributed by atoms with Gasteiger partial charge in [0.15, 0.2) is 0 Å². The molecule has 0 aromatic heterocycles. The van der Waals surface area contributed by atoms with Gasteiger partial charge in [-0.1, -0.05) is 18.2 Å². The first-order valence-electron chi connectivity index (χ1n) is 5.29. The number of halogens is 1. The van der Waals surface area contributed by atoms with Crippen LogP contribution in [0.1, 0.15) is 13.3 Å². The minimum Gasteiger partial charge on any atom is -0.309 e. The lowest BCUT2D eigenvalue weighted by Gasteiger charge is -2.21. The minimum atomic E-state index is -0.0276. The Bertz CT molecular complexity index is 355. The molecule has 0 saturated carbocycles. The van der Waals surface area contributed by atoms with Crippen molar-refractivity contribution >= 4 is 24.0 Å². The Hall–Kier alpha value is -1.06. The monoisotopic (exact) mass is 240 g/mol.